The largest absolute Gasteiger partial charge is 0.494 e. The van der Waals surface area contributed by atoms with Gasteiger partial charge in [-0.1, -0.05) is 6.92 Å². The van der Waals surface area contributed by atoms with Gasteiger partial charge >= 0.3 is 0 Å². The van der Waals surface area contributed by atoms with E-state index in [-0.39, 0.29) is 5.56 Å². The Hall–Kier alpha value is -0.510. The molecule has 0 bridgehead atoms. The third-order valence-electron chi connectivity index (χ3n) is 2.00. The maximum atomic E-state index is 13.5. The van der Waals surface area contributed by atoms with E-state index in [0.29, 0.717) is 12.4 Å². The Kier molecular flexibility index (Phi) is 5.32. The predicted octanol–water partition coefficient (Wildman–Crippen LogP) is 3.45. The van der Waals surface area contributed by atoms with E-state index in [9.17, 15) is 9.50 Å². The first-order chi connectivity index (χ1) is 7.56. The monoisotopic (exact) mass is 266 g/mol. The third kappa shape index (κ3) is 3.51. The fourth-order valence-electron chi connectivity index (χ4n) is 1.19. The van der Waals surface area contributed by atoms with Crippen LogP contribution < -0.4 is 4.74 Å². The maximum absolute atomic E-state index is 13.5. The standard InChI is InChI=1S/C11H13Cl2FO2/c1-2-5-16-7-3-4-8(9(14)6-7)10(15)11(12)13/h3-4,6,10-11,15H,2,5H2,1H3. The first-order valence-electron chi connectivity index (χ1n) is 4.94. The summed E-state index contributed by atoms with van der Waals surface area (Å²) < 4.78 is 18.8. The molecule has 0 radical (unpaired) electrons. The summed E-state index contributed by atoms with van der Waals surface area (Å²) in [7, 11) is 0. The van der Waals surface area contributed by atoms with Gasteiger partial charge in [0.2, 0.25) is 0 Å². The Morgan fingerprint density at radius 2 is 2.12 bits per heavy atom. The lowest BCUT2D eigenvalue weighted by Crippen LogP contribution is -2.08. The minimum atomic E-state index is -1.23. The van der Waals surface area contributed by atoms with Crippen LogP contribution in [0.4, 0.5) is 4.39 Å². The van der Waals surface area contributed by atoms with Crippen molar-refractivity contribution in [3.63, 3.8) is 0 Å². The van der Waals surface area contributed by atoms with Crippen LogP contribution in [0.25, 0.3) is 0 Å². The fourth-order valence-corrected chi connectivity index (χ4v) is 1.46. The van der Waals surface area contributed by atoms with Crippen LogP contribution in [0.1, 0.15) is 25.0 Å². The van der Waals surface area contributed by atoms with Crippen LogP contribution >= 0.6 is 23.2 Å². The number of alkyl halides is 2. The Balaban J connectivity index is 2.82. The van der Waals surface area contributed by atoms with Gasteiger partial charge in [-0.05, 0) is 18.6 Å². The molecule has 0 aliphatic rings. The topological polar surface area (TPSA) is 29.5 Å². The van der Waals surface area contributed by atoms with Crippen LogP contribution in [0.15, 0.2) is 18.2 Å². The molecule has 16 heavy (non-hydrogen) atoms. The molecule has 1 aromatic rings. The molecule has 0 aliphatic carbocycles. The molecule has 1 N–H and O–H groups in total. The number of hydrogen-bond acceptors (Lipinski definition) is 2. The zero-order valence-electron chi connectivity index (χ0n) is 8.79. The molecular weight excluding hydrogens is 254 g/mol. The van der Waals surface area contributed by atoms with Crippen molar-refractivity contribution in [2.75, 3.05) is 6.61 Å². The summed E-state index contributed by atoms with van der Waals surface area (Å²) >= 11 is 11.0. The second-order valence-corrected chi connectivity index (χ2v) is 4.47. The normalized spacial score (nSPS) is 12.9. The van der Waals surface area contributed by atoms with Crippen molar-refractivity contribution in [1.82, 2.24) is 0 Å². The Morgan fingerprint density at radius 1 is 1.44 bits per heavy atom. The van der Waals surface area contributed by atoms with Crippen molar-refractivity contribution < 1.29 is 14.2 Å². The van der Waals surface area contributed by atoms with Gasteiger partial charge in [0.1, 0.15) is 22.5 Å². The SMILES string of the molecule is CCCOc1ccc(C(O)C(Cl)Cl)c(F)c1. The molecule has 1 unspecified atom stereocenters. The van der Waals surface area contributed by atoms with E-state index in [1.54, 1.807) is 6.07 Å². The molecule has 0 saturated carbocycles. The second kappa shape index (κ2) is 6.28. The van der Waals surface area contributed by atoms with Gasteiger partial charge in [0.25, 0.3) is 0 Å². The number of halogens is 3. The molecule has 1 aromatic carbocycles. The van der Waals surface area contributed by atoms with Gasteiger partial charge in [-0.2, -0.15) is 0 Å². The van der Waals surface area contributed by atoms with E-state index in [1.807, 2.05) is 6.92 Å². The zero-order valence-corrected chi connectivity index (χ0v) is 10.3. The lowest BCUT2D eigenvalue weighted by atomic mass is 10.1. The van der Waals surface area contributed by atoms with Gasteiger partial charge in [-0.15, -0.1) is 23.2 Å². The molecule has 2 nitrogen and oxygen atoms in total. The molecule has 0 saturated heterocycles. The molecule has 1 atom stereocenters. The first kappa shape index (κ1) is 13.6. The van der Waals surface area contributed by atoms with Crippen LogP contribution in [0, 0.1) is 5.82 Å². The number of ether oxygens (including phenoxy) is 1. The van der Waals surface area contributed by atoms with Crippen molar-refractivity contribution in [2.24, 2.45) is 0 Å². The highest BCUT2D eigenvalue weighted by atomic mass is 35.5. The highest BCUT2D eigenvalue weighted by Crippen LogP contribution is 2.28. The molecule has 0 aliphatic heterocycles. The Labute approximate surface area is 104 Å². The molecule has 0 spiro atoms. The van der Waals surface area contributed by atoms with E-state index in [4.69, 9.17) is 27.9 Å². The Bertz CT molecular complexity index is 345. The van der Waals surface area contributed by atoms with Crippen molar-refractivity contribution >= 4 is 23.2 Å². The number of benzene rings is 1. The summed E-state index contributed by atoms with van der Waals surface area (Å²) in [5.41, 5.74) is 0.0684. The molecule has 5 heteroatoms. The van der Waals surface area contributed by atoms with Crippen LogP contribution in [0.3, 0.4) is 0 Å². The quantitative estimate of drug-likeness (QED) is 0.828. The van der Waals surface area contributed by atoms with Gasteiger partial charge in [-0.25, -0.2) is 4.39 Å². The van der Waals surface area contributed by atoms with Crippen molar-refractivity contribution in [3.8, 4) is 5.75 Å². The second-order valence-electron chi connectivity index (χ2n) is 3.31. The van der Waals surface area contributed by atoms with Gasteiger partial charge in [0, 0.05) is 11.6 Å². The number of hydrogen-bond donors (Lipinski definition) is 1. The van der Waals surface area contributed by atoms with Gasteiger partial charge in [0.05, 0.1) is 6.61 Å². The van der Waals surface area contributed by atoms with Crippen LogP contribution in [-0.4, -0.2) is 16.5 Å². The van der Waals surface area contributed by atoms with Gasteiger partial charge in [0.15, 0.2) is 0 Å². The van der Waals surface area contributed by atoms with E-state index in [1.165, 1.54) is 12.1 Å². The summed E-state index contributed by atoms with van der Waals surface area (Å²) in [5, 5.41) is 9.50. The fraction of sp³-hybridized carbons (Fsp3) is 0.455. The molecule has 0 aromatic heterocycles. The lowest BCUT2D eigenvalue weighted by molar-refractivity contribution is 0.187. The van der Waals surface area contributed by atoms with E-state index < -0.39 is 16.8 Å². The zero-order chi connectivity index (χ0) is 12.1. The number of rotatable bonds is 5. The average molecular weight is 267 g/mol. The molecule has 0 fully saturated rings. The van der Waals surface area contributed by atoms with Crippen LogP contribution in [0.5, 0.6) is 5.75 Å². The molecule has 90 valence electrons. The summed E-state index contributed by atoms with van der Waals surface area (Å²) in [4.78, 5) is -1.06. The van der Waals surface area contributed by atoms with Crippen LogP contribution in [-0.2, 0) is 0 Å². The van der Waals surface area contributed by atoms with E-state index in [2.05, 4.69) is 0 Å². The number of aliphatic hydroxyl groups is 1. The summed E-state index contributed by atoms with van der Waals surface area (Å²) in [6.07, 6.45) is -0.388. The number of aliphatic hydroxyl groups excluding tert-OH is 1. The molecule has 0 amide bonds. The predicted molar refractivity (Wildman–Crippen MR) is 62.6 cm³/mol. The molecular formula is C11H13Cl2FO2. The maximum Gasteiger partial charge on any atom is 0.137 e. The van der Waals surface area contributed by atoms with Gasteiger partial charge < -0.3 is 9.84 Å². The van der Waals surface area contributed by atoms with E-state index >= 15 is 0 Å². The average Bonchev–Trinajstić information content (AvgIpc) is 2.25. The summed E-state index contributed by atoms with van der Waals surface area (Å²) in [5.74, 6) is -0.150. The van der Waals surface area contributed by atoms with Crippen molar-refractivity contribution in [1.29, 1.82) is 0 Å². The van der Waals surface area contributed by atoms with Crippen molar-refractivity contribution in [2.45, 2.75) is 24.3 Å². The van der Waals surface area contributed by atoms with Gasteiger partial charge in [-0.3, -0.25) is 0 Å². The molecule has 1 rings (SSSR count). The minimum absolute atomic E-state index is 0.0684. The lowest BCUT2D eigenvalue weighted by Gasteiger charge is -2.13. The third-order valence-corrected chi connectivity index (χ3v) is 2.48. The smallest absolute Gasteiger partial charge is 0.137 e. The van der Waals surface area contributed by atoms with Crippen molar-refractivity contribution in [3.05, 3.63) is 29.6 Å². The first-order valence-corrected chi connectivity index (χ1v) is 5.82. The summed E-state index contributed by atoms with van der Waals surface area (Å²) in [6.45, 7) is 2.48. The summed E-state index contributed by atoms with van der Waals surface area (Å²) in [6, 6.07) is 4.21. The highest BCUT2D eigenvalue weighted by molar-refractivity contribution is 6.44. The Morgan fingerprint density at radius 3 is 2.62 bits per heavy atom. The minimum Gasteiger partial charge on any atom is -0.494 e. The molecule has 0 heterocycles. The van der Waals surface area contributed by atoms with Crippen LogP contribution in [0.2, 0.25) is 0 Å². The van der Waals surface area contributed by atoms with E-state index in [0.717, 1.165) is 6.42 Å². The highest BCUT2D eigenvalue weighted by Gasteiger charge is 2.19.